The molecule has 1 aliphatic heterocycles. The molecule has 1 aromatic heterocycles. The Kier molecular flexibility index (Phi) is 7.00. The first-order chi connectivity index (χ1) is 8.25. The highest BCUT2D eigenvalue weighted by atomic mass is 35.5. The van der Waals surface area contributed by atoms with Gasteiger partial charge in [-0.05, 0) is 37.9 Å². The van der Waals surface area contributed by atoms with Crippen LogP contribution in [0.3, 0.4) is 0 Å². The van der Waals surface area contributed by atoms with Crippen LogP contribution in [0.5, 0.6) is 0 Å². The maximum absolute atomic E-state index is 11.8. The lowest BCUT2D eigenvalue weighted by Crippen LogP contribution is -2.47. The third-order valence-electron chi connectivity index (χ3n) is 2.93. The van der Waals surface area contributed by atoms with Crippen molar-refractivity contribution in [1.82, 2.24) is 10.6 Å². The lowest BCUT2D eigenvalue weighted by atomic mass is 10.0. The van der Waals surface area contributed by atoms with E-state index in [2.05, 4.69) is 10.6 Å². The van der Waals surface area contributed by atoms with Crippen LogP contribution in [0.25, 0.3) is 0 Å². The molecule has 102 valence electrons. The normalized spacial score (nSPS) is 19.1. The van der Waals surface area contributed by atoms with Crippen molar-refractivity contribution in [2.75, 3.05) is 13.1 Å². The summed E-state index contributed by atoms with van der Waals surface area (Å²) in [4.78, 5) is 13.0. The number of hydrogen-bond donors (Lipinski definition) is 2. The second kappa shape index (κ2) is 8.00. The second-order valence-electron chi connectivity index (χ2n) is 4.25. The Balaban J connectivity index is 0.00000162. The fourth-order valence-corrected chi connectivity index (χ4v) is 3.08. The molecular weight excluding hydrogens is 291 g/mol. The summed E-state index contributed by atoms with van der Waals surface area (Å²) < 4.78 is 0.806. The van der Waals surface area contributed by atoms with Gasteiger partial charge in [0.15, 0.2) is 0 Å². The van der Waals surface area contributed by atoms with Crippen molar-refractivity contribution < 1.29 is 4.79 Å². The molecule has 1 aromatic rings. The number of halogens is 2. The number of rotatable bonds is 4. The van der Waals surface area contributed by atoms with Gasteiger partial charge in [0.05, 0.1) is 10.4 Å². The van der Waals surface area contributed by atoms with Gasteiger partial charge >= 0.3 is 0 Å². The first-order valence-corrected chi connectivity index (χ1v) is 7.20. The molecule has 3 nitrogen and oxygen atoms in total. The van der Waals surface area contributed by atoms with Crippen LogP contribution in [0.4, 0.5) is 0 Å². The predicted molar refractivity (Wildman–Crippen MR) is 78.9 cm³/mol. The van der Waals surface area contributed by atoms with Gasteiger partial charge in [-0.25, -0.2) is 0 Å². The zero-order valence-electron chi connectivity index (χ0n) is 10.1. The molecule has 1 atom stereocenters. The minimum atomic E-state index is 0. The van der Waals surface area contributed by atoms with E-state index in [4.69, 9.17) is 11.6 Å². The highest BCUT2D eigenvalue weighted by Gasteiger charge is 2.19. The van der Waals surface area contributed by atoms with E-state index < -0.39 is 0 Å². The minimum absolute atomic E-state index is 0. The molecule has 1 saturated heterocycles. The number of amides is 1. The van der Waals surface area contributed by atoms with Gasteiger partial charge in [0.25, 0.3) is 0 Å². The molecule has 0 saturated carbocycles. The van der Waals surface area contributed by atoms with Gasteiger partial charge in [-0.3, -0.25) is 4.79 Å². The fourth-order valence-electron chi connectivity index (χ4n) is 1.99. The standard InChI is InChI=1S/C12H17ClN2OS.ClH/c13-11-5-4-9(17-11)6-8-15-12(16)10-3-1-2-7-14-10;/h4-5,10,14H,1-3,6-8H2,(H,15,16);1H/t10-;/m0./s1. The SMILES string of the molecule is Cl.O=C(NCCc1ccc(Cl)s1)[C@@H]1CCCCN1. The summed E-state index contributed by atoms with van der Waals surface area (Å²) in [5.74, 6) is 0.132. The Hall–Kier alpha value is -0.290. The molecule has 1 aliphatic rings. The van der Waals surface area contributed by atoms with Crippen molar-refractivity contribution in [2.45, 2.75) is 31.7 Å². The van der Waals surface area contributed by atoms with Gasteiger partial charge < -0.3 is 10.6 Å². The third kappa shape index (κ3) is 4.76. The summed E-state index contributed by atoms with van der Waals surface area (Å²) in [5.41, 5.74) is 0. The number of thiophene rings is 1. The van der Waals surface area contributed by atoms with Gasteiger partial charge in [-0.2, -0.15) is 0 Å². The quantitative estimate of drug-likeness (QED) is 0.898. The summed E-state index contributed by atoms with van der Waals surface area (Å²) in [7, 11) is 0. The van der Waals surface area contributed by atoms with Crippen molar-refractivity contribution in [1.29, 1.82) is 0 Å². The van der Waals surface area contributed by atoms with Crippen LogP contribution in [0.15, 0.2) is 12.1 Å². The molecule has 0 spiro atoms. The Morgan fingerprint density at radius 3 is 2.94 bits per heavy atom. The summed E-state index contributed by atoms with van der Waals surface area (Å²) in [6.45, 7) is 1.65. The molecule has 18 heavy (non-hydrogen) atoms. The number of piperidine rings is 1. The first-order valence-electron chi connectivity index (χ1n) is 6.01. The van der Waals surface area contributed by atoms with Gasteiger partial charge in [0, 0.05) is 11.4 Å². The zero-order chi connectivity index (χ0) is 12.1. The molecule has 2 rings (SSSR count). The molecule has 6 heteroatoms. The minimum Gasteiger partial charge on any atom is -0.354 e. The van der Waals surface area contributed by atoms with Crippen molar-refractivity contribution in [3.05, 3.63) is 21.3 Å². The van der Waals surface area contributed by atoms with Crippen molar-refractivity contribution in [3.63, 3.8) is 0 Å². The van der Waals surface area contributed by atoms with E-state index in [0.717, 1.165) is 30.1 Å². The second-order valence-corrected chi connectivity index (χ2v) is 6.05. The average Bonchev–Trinajstić information content (AvgIpc) is 2.76. The fraction of sp³-hybridized carbons (Fsp3) is 0.583. The highest BCUT2D eigenvalue weighted by molar-refractivity contribution is 7.16. The topological polar surface area (TPSA) is 41.1 Å². The Morgan fingerprint density at radius 1 is 1.50 bits per heavy atom. The van der Waals surface area contributed by atoms with E-state index in [0.29, 0.717) is 6.54 Å². The maximum Gasteiger partial charge on any atom is 0.237 e. The molecule has 0 aliphatic carbocycles. The maximum atomic E-state index is 11.8. The van der Waals surface area contributed by atoms with Crippen molar-refractivity contribution >= 4 is 41.3 Å². The third-order valence-corrected chi connectivity index (χ3v) is 4.22. The average molecular weight is 309 g/mol. The number of carbonyl (C=O) groups is 1. The van der Waals surface area contributed by atoms with Crippen LogP contribution in [-0.2, 0) is 11.2 Å². The van der Waals surface area contributed by atoms with Gasteiger partial charge in [-0.1, -0.05) is 18.0 Å². The predicted octanol–water partition coefficient (Wildman–Crippen LogP) is 2.62. The van der Waals surface area contributed by atoms with Crippen LogP contribution < -0.4 is 10.6 Å². The summed E-state index contributed by atoms with van der Waals surface area (Å²) in [6, 6.07) is 3.92. The molecule has 2 N–H and O–H groups in total. The molecule has 0 aromatic carbocycles. The molecule has 0 bridgehead atoms. The summed E-state index contributed by atoms with van der Waals surface area (Å²) in [6.07, 6.45) is 4.13. The lowest BCUT2D eigenvalue weighted by molar-refractivity contribution is -0.123. The molecule has 2 heterocycles. The Labute approximate surface area is 123 Å². The number of carbonyl (C=O) groups excluding carboxylic acids is 1. The molecule has 1 amide bonds. The van der Waals surface area contributed by atoms with Gasteiger partial charge in [0.1, 0.15) is 0 Å². The number of hydrogen-bond acceptors (Lipinski definition) is 3. The Bertz CT molecular complexity index is 378. The van der Waals surface area contributed by atoms with E-state index >= 15 is 0 Å². The number of nitrogens with one attached hydrogen (secondary N) is 2. The van der Waals surface area contributed by atoms with Crippen molar-refractivity contribution in [3.8, 4) is 0 Å². The first kappa shape index (κ1) is 15.8. The largest absolute Gasteiger partial charge is 0.354 e. The van der Waals surface area contributed by atoms with Crippen LogP contribution in [0, 0.1) is 0 Å². The molecule has 0 radical (unpaired) electrons. The summed E-state index contributed by atoms with van der Waals surface area (Å²) >= 11 is 7.42. The Morgan fingerprint density at radius 2 is 2.33 bits per heavy atom. The lowest BCUT2D eigenvalue weighted by Gasteiger charge is -2.22. The van der Waals surface area contributed by atoms with Crippen LogP contribution in [0.1, 0.15) is 24.1 Å². The smallest absolute Gasteiger partial charge is 0.237 e. The van der Waals surface area contributed by atoms with E-state index in [1.807, 2.05) is 12.1 Å². The zero-order valence-corrected chi connectivity index (χ0v) is 12.5. The molecule has 0 unspecified atom stereocenters. The van der Waals surface area contributed by atoms with E-state index in [1.54, 1.807) is 11.3 Å². The van der Waals surface area contributed by atoms with Crippen LogP contribution in [-0.4, -0.2) is 25.0 Å². The van der Waals surface area contributed by atoms with E-state index in [1.165, 1.54) is 11.3 Å². The van der Waals surface area contributed by atoms with Gasteiger partial charge in [-0.15, -0.1) is 23.7 Å². The monoisotopic (exact) mass is 308 g/mol. The van der Waals surface area contributed by atoms with Crippen LogP contribution in [0.2, 0.25) is 4.34 Å². The molecular formula is C12H18Cl2N2OS. The van der Waals surface area contributed by atoms with Gasteiger partial charge in [0.2, 0.25) is 5.91 Å². The van der Waals surface area contributed by atoms with E-state index in [9.17, 15) is 4.79 Å². The summed E-state index contributed by atoms with van der Waals surface area (Å²) in [5, 5.41) is 6.21. The van der Waals surface area contributed by atoms with E-state index in [-0.39, 0.29) is 24.4 Å². The highest BCUT2D eigenvalue weighted by Crippen LogP contribution is 2.21. The molecule has 1 fully saturated rings. The van der Waals surface area contributed by atoms with Crippen LogP contribution >= 0.6 is 35.3 Å². The van der Waals surface area contributed by atoms with Crippen molar-refractivity contribution in [2.24, 2.45) is 0 Å².